The molecule has 0 aliphatic heterocycles. The fraction of sp³-hybridized carbons (Fsp3) is 0.188. The van der Waals surface area contributed by atoms with Gasteiger partial charge in [0.05, 0.1) is 0 Å². The summed E-state index contributed by atoms with van der Waals surface area (Å²) in [5, 5.41) is 3.08. The first-order valence-corrected chi connectivity index (χ1v) is 6.42. The number of nitrogens with two attached hydrogens (primary N) is 1. The number of hydrogen-bond donors (Lipinski definition) is 2. The van der Waals surface area contributed by atoms with Crippen LogP contribution in [-0.4, -0.2) is 12.5 Å². The lowest BCUT2D eigenvalue weighted by Crippen LogP contribution is -2.23. The van der Waals surface area contributed by atoms with Crippen LogP contribution in [0.15, 0.2) is 65.7 Å². The van der Waals surface area contributed by atoms with Gasteiger partial charge in [0.1, 0.15) is 0 Å². The Morgan fingerprint density at radius 1 is 1.05 bits per heavy atom. The number of para-hydroxylation sites is 1. The average molecular weight is 253 g/mol. The molecule has 3 nitrogen and oxygen atoms in total. The van der Waals surface area contributed by atoms with E-state index >= 15 is 0 Å². The molecule has 0 amide bonds. The van der Waals surface area contributed by atoms with E-state index in [0.717, 1.165) is 5.69 Å². The zero-order chi connectivity index (χ0) is 13.5. The number of guanidine groups is 1. The normalized spacial score (nSPS) is 13.0. The zero-order valence-electron chi connectivity index (χ0n) is 11.1. The summed E-state index contributed by atoms with van der Waals surface area (Å²) in [7, 11) is 0. The smallest absolute Gasteiger partial charge is 0.193 e. The number of benzene rings is 2. The minimum atomic E-state index is 0.359. The second kappa shape index (κ2) is 6.59. The van der Waals surface area contributed by atoms with Crippen LogP contribution in [0.2, 0.25) is 0 Å². The van der Waals surface area contributed by atoms with Crippen molar-refractivity contribution in [3.63, 3.8) is 0 Å². The second-order valence-electron chi connectivity index (χ2n) is 4.53. The highest BCUT2D eigenvalue weighted by molar-refractivity contribution is 5.92. The van der Waals surface area contributed by atoms with Crippen LogP contribution >= 0.6 is 0 Å². The predicted octanol–water partition coefficient (Wildman–Crippen LogP) is 3.22. The summed E-state index contributed by atoms with van der Waals surface area (Å²) >= 11 is 0. The van der Waals surface area contributed by atoms with Crippen LogP contribution in [0.4, 0.5) is 5.69 Å². The number of anilines is 1. The first kappa shape index (κ1) is 13.1. The molecular weight excluding hydrogens is 234 g/mol. The number of aliphatic imine (C=N–C) groups is 1. The van der Waals surface area contributed by atoms with Crippen LogP contribution < -0.4 is 11.1 Å². The number of nitrogens with zero attached hydrogens (tertiary/aromatic N) is 1. The minimum absolute atomic E-state index is 0.359. The monoisotopic (exact) mass is 253 g/mol. The van der Waals surface area contributed by atoms with Crippen molar-refractivity contribution in [2.24, 2.45) is 10.7 Å². The molecular formula is C16H19N3. The first-order chi connectivity index (χ1) is 9.25. The third kappa shape index (κ3) is 4.14. The van der Waals surface area contributed by atoms with E-state index in [1.807, 2.05) is 48.5 Å². The van der Waals surface area contributed by atoms with E-state index in [1.54, 1.807) is 0 Å². The molecule has 1 atom stereocenters. The highest BCUT2D eigenvalue weighted by Gasteiger charge is 2.03. The fourth-order valence-corrected chi connectivity index (χ4v) is 1.83. The minimum Gasteiger partial charge on any atom is -0.370 e. The van der Waals surface area contributed by atoms with Crippen LogP contribution in [0, 0.1) is 0 Å². The van der Waals surface area contributed by atoms with Gasteiger partial charge in [0, 0.05) is 18.2 Å². The fourth-order valence-electron chi connectivity index (χ4n) is 1.83. The average Bonchev–Trinajstić information content (AvgIpc) is 2.47. The number of hydrogen-bond acceptors (Lipinski definition) is 1. The summed E-state index contributed by atoms with van der Waals surface area (Å²) in [4.78, 5) is 4.38. The van der Waals surface area contributed by atoms with Gasteiger partial charge in [0.25, 0.3) is 0 Å². The van der Waals surface area contributed by atoms with Crippen molar-refractivity contribution in [2.75, 3.05) is 11.9 Å². The lowest BCUT2D eigenvalue weighted by molar-refractivity contribution is 0.774. The van der Waals surface area contributed by atoms with Gasteiger partial charge in [-0.3, -0.25) is 4.99 Å². The van der Waals surface area contributed by atoms with Crippen molar-refractivity contribution in [1.82, 2.24) is 0 Å². The van der Waals surface area contributed by atoms with Gasteiger partial charge in [0.2, 0.25) is 0 Å². The standard InChI is InChI=1S/C16H19N3/c1-13(14-8-4-2-5-9-14)12-18-16(17)19-15-10-6-3-7-11-15/h2-11,13H,12H2,1H3,(H3,17,18,19). The Labute approximate surface area is 114 Å². The van der Waals surface area contributed by atoms with Gasteiger partial charge < -0.3 is 11.1 Å². The highest BCUT2D eigenvalue weighted by Crippen LogP contribution is 2.14. The molecule has 0 aliphatic carbocycles. The van der Waals surface area contributed by atoms with E-state index in [0.29, 0.717) is 18.4 Å². The van der Waals surface area contributed by atoms with Crippen molar-refractivity contribution in [2.45, 2.75) is 12.8 Å². The Morgan fingerprint density at radius 2 is 1.63 bits per heavy atom. The Kier molecular flexibility index (Phi) is 4.56. The summed E-state index contributed by atoms with van der Waals surface area (Å²) in [6, 6.07) is 20.1. The third-order valence-corrected chi connectivity index (χ3v) is 2.95. The molecule has 0 heterocycles. The summed E-state index contributed by atoms with van der Waals surface area (Å²) in [5.41, 5.74) is 8.10. The molecule has 0 radical (unpaired) electrons. The molecule has 0 saturated heterocycles. The van der Waals surface area contributed by atoms with E-state index in [4.69, 9.17) is 5.73 Å². The molecule has 3 heteroatoms. The van der Waals surface area contributed by atoms with Gasteiger partial charge >= 0.3 is 0 Å². The topological polar surface area (TPSA) is 50.4 Å². The quantitative estimate of drug-likeness (QED) is 0.649. The van der Waals surface area contributed by atoms with Gasteiger partial charge in [-0.15, -0.1) is 0 Å². The van der Waals surface area contributed by atoms with E-state index in [2.05, 4.69) is 29.4 Å². The van der Waals surface area contributed by atoms with Crippen LogP contribution in [0.1, 0.15) is 18.4 Å². The number of rotatable bonds is 4. The lowest BCUT2D eigenvalue weighted by atomic mass is 10.0. The maximum atomic E-state index is 5.87. The van der Waals surface area contributed by atoms with Crippen molar-refractivity contribution in [3.05, 3.63) is 66.2 Å². The first-order valence-electron chi connectivity index (χ1n) is 6.42. The molecule has 0 spiro atoms. The van der Waals surface area contributed by atoms with Crippen molar-refractivity contribution in [1.29, 1.82) is 0 Å². The Hall–Kier alpha value is -2.29. The molecule has 98 valence electrons. The molecule has 3 N–H and O–H groups in total. The highest BCUT2D eigenvalue weighted by atomic mass is 15.1. The summed E-state index contributed by atoms with van der Waals surface area (Å²) in [6.07, 6.45) is 0. The Balaban J connectivity index is 1.91. The van der Waals surface area contributed by atoms with Gasteiger partial charge in [-0.2, -0.15) is 0 Å². The molecule has 2 aromatic rings. The van der Waals surface area contributed by atoms with Crippen LogP contribution in [-0.2, 0) is 0 Å². The maximum absolute atomic E-state index is 5.87. The molecule has 19 heavy (non-hydrogen) atoms. The van der Waals surface area contributed by atoms with Crippen LogP contribution in [0.3, 0.4) is 0 Å². The van der Waals surface area contributed by atoms with E-state index in [9.17, 15) is 0 Å². The molecule has 1 unspecified atom stereocenters. The zero-order valence-corrected chi connectivity index (χ0v) is 11.1. The molecule has 0 aliphatic rings. The summed E-state index contributed by atoms with van der Waals surface area (Å²) in [6.45, 7) is 2.82. The molecule has 0 aromatic heterocycles. The van der Waals surface area contributed by atoms with Gasteiger partial charge in [-0.1, -0.05) is 55.5 Å². The molecule has 0 fully saturated rings. The molecule has 2 rings (SSSR count). The SMILES string of the molecule is CC(CN=C(N)Nc1ccccc1)c1ccccc1. The molecule has 0 saturated carbocycles. The second-order valence-corrected chi connectivity index (χ2v) is 4.53. The maximum Gasteiger partial charge on any atom is 0.193 e. The Morgan fingerprint density at radius 3 is 2.26 bits per heavy atom. The summed E-state index contributed by atoms with van der Waals surface area (Å²) < 4.78 is 0. The van der Waals surface area contributed by atoms with Crippen molar-refractivity contribution >= 4 is 11.6 Å². The van der Waals surface area contributed by atoms with Crippen LogP contribution in [0.5, 0.6) is 0 Å². The van der Waals surface area contributed by atoms with E-state index in [1.165, 1.54) is 5.56 Å². The van der Waals surface area contributed by atoms with Gasteiger partial charge in [0.15, 0.2) is 5.96 Å². The van der Waals surface area contributed by atoms with Crippen molar-refractivity contribution in [3.8, 4) is 0 Å². The Bertz CT molecular complexity index is 520. The molecule has 0 bridgehead atoms. The van der Waals surface area contributed by atoms with Crippen LogP contribution in [0.25, 0.3) is 0 Å². The lowest BCUT2D eigenvalue weighted by Gasteiger charge is -2.10. The number of nitrogens with one attached hydrogen (secondary N) is 1. The van der Waals surface area contributed by atoms with Gasteiger partial charge in [-0.05, 0) is 17.7 Å². The summed E-state index contributed by atoms with van der Waals surface area (Å²) in [5.74, 6) is 0.811. The van der Waals surface area contributed by atoms with E-state index in [-0.39, 0.29) is 0 Å². The van der Waals surface area contributed by atoms with E-state index < -0.39 is 0 Å². The third-order valence-electron chi connectivity index (χ3n) is 2.95. The largest absolute Gasteiger partial charge is 0.370 e. The van der Waals surface area contributed by atoms with Gasteiger partial charge in [-0.25, -0.2) is 0 Å². The molecule has 2 aromatic carbocycles. The van der Waals surface area contributed by atoms with Crippen molar-refractivity contribution < 1.29 is 0 Å². The predicted molar refractivity (Wildman–Crippen MR) is 81.4 cm³/mol.